The highest BCUT2D eigenvalue weighted by Gasteiger charge is 2.30. The lowest BCUT2D eigenvalue weighted by atomic mass is 10.1. The van der Waals surface area contributed by atoms with Gasteiger partial charge in [0.1, 0.15) is 11.6 Å². The van der Waals surface area contributed by atoms with Crippen molar-refractivity contribution < 1.29 is 24.2 Å². The molecule has 7 heteroatoms. The van der Waals surface area contributed by atoms with Crippen molar-refractivity contribution in [1.82, 2.24) is 10.2 Å². The monoisotopic (exact) mass is 312 g/mol. The number of likely N-dealkylation sites (tertiary alicyclic amines) is 1. The van der Waals surface area contributed by atoms with Gasteiger partial charge in [0.2, 0.25) is 5.91 Å². The van der Waals surface area contributed by atoms with Crippen molar-refractivity contribution in [1.29, 1.82) is 0 Å². The smallest absolute Gasteiger partial charge is 0.408 e. The topological polar surface area (TPSA) is 95.9 Å². The Hall–Kier alpha value is -2.05. The number of nitrogens with one attached hydrogen (secondary N) is 1. The summed E-state index contributed by atoms with van der Waals surface area (Å²) >= 11 is 0. The van der Waals surface area contributed by atoms with Crippen molar-refractivity contribution in [2.45, 2.75) is 45.3 Å². The third-order valence-corrected chi connectivity index (χ3v) is 3.25. The lowest BCUT2D eigenvalue weighted by Crippen LogP contribution is -2.45. The lowest BCUT2D eigenvalue weighted by molar-refractivity contribution is -0.140. The lowest BCUT2D eigenvalue weighted by Gasteiger charge is -2.23. The Balaban J connectivity index is 2.51. The molecule has 0 aliphatic carbocycles. The van der Waals surface area contributed by atoms with Crippen LogP contribution < -0.4 is 5.32 Å². The van der Waals surface area contributed by atoms with Gasteiger partial charge in [-0.15, -0.1) is 6.58 Å². The van der Waals surface area contributed by atoms with Crippen molar-refractivity contribution in [2.75, 3.05) is 13.1 Å². The maximum atomic E-state index is 11.8. The molecular weight excluding hydrogens is 288 g/mol. The van der Waals surface area contributed by atoms with Gasteiger partial charge in [-0.3, -0.25) is 4.79 Å². The van der Waals surface area contributed by atoms with Crippen LogP contribution in [0.3, 0.4) is 0 Å². The van der Waals surface area contributed by atoms with Crippen LogP contribution in [0, 0.1) is 5.92 Å². The third-order valence-electron chi connectivity index (χ3n) is 3.25. The molecule has 7 nitrogen and oxygen atoms in total. The number of aliphatic carboxylic acids is 1. The SMILES string of the molecule is C=CC1CC(=O)N(CC[C@H](NC(=O)OC(C)(C)C)C(=O)O)C1. The third kappa shape index (κ3) is 5.75. The summed E-state index contributed by atoms with van der Waals surface area (Å²) < 4.78 is 5.04. The maximum absolute atomic E-state index is 11.8. The molecule has 2 amide bonds. The van der Waals surface area contributed by atoms with E-state index in [2.05, 4.69) is 11.9 Å². The molecule has 1 fully saturated rings. The fourth-order valence-electron chi connectivity index (χ4n) is 2.17. The molecule has 1 aliphatic heterocycles. The number of alkyl carbamates (subject to hydrolysis) is 1. The summed E-state index contributed by atoms with van der Waals surface area (Å²) in [6.45, 7) is 9.56. The Kier molecular flexibility index (Phi) is 5.96. The number of rotatable bonds is 6. The Labute approximate surface area is 130 Å². The second-order valence-corrected chi connectivity index (χ2v) is 6.37. The predicted molar refractivity (Wildman–Crippen MR) is 80.3 cm³/mol. The second-order valence-electron chi connectivity index (χ2n) is 6.37. The number of carboxylic acids is 1. The molecule has 2 N–H and O–H groups in total. The zero-order valence-electron chi connectivity index (χ0n) is 13.3. The van der Waals surface area contributed by atoms with Gasteiger partial charge in [-0.05, 0) is 27.2 Å². The zero-order valence-corrected chi connectivity index (χ0v) is 13.3. The van der Waals surface area contributed by atoms with Crippen molar-refractivity contribution in [2.24, 2.45) is 5.92 Å². The summed E-state index contributed by atoms with van der Waals surface area (Å²) in [5.74, 6) is -1.07. The van der Waals surface area contributed by atoms with Gasteiger partial charge in [-0.25, -0.2) is 9.59 Å². The van der Waals surface area contributed by atoms with Crippen LogP contribution in [0.5, 0.6) is 0 Å². The van der Waals surface area contributed by atoms with Gasteiger partial charge in [0.05, 0.1) is 0 Å². The van der Waals surface area contributed by atoms with Crippen LogP contribution in [-0.4, -0.2) is 52.7 Å². The van der Waals surface area contributed by atoms with E-state index in [9.17, 15) is 14.4 Å². The highest BCUT2D eigenvalue weighted by atomic mass is 16.6. The van der Waals surface area contributed by atoms with Gasteiger partial charge in [-0.2, -0.15) is 0 Å². The molecule has 1 unspecified atom stereocenters. The molecule has 0 aromatic rings. The molecule has 1 aliphatic rings. The van der Waals surface area contributed by atoms with E-state index in [0.717, 1.165) is 0 Å². The molecule has 22 heavy (non-hydrogen) atoms. The van der Waals surface area contributed by atoms with Crippen LogP contribution in [0.2, 0.25) is 0 Å². The molecule has 1 rings (SSSR count). The van der Waals surface area contributed by atoms with Crippen molar-refractivity contribution in [3.05, 3.63) is 12.7 Å². The van der Waals surface area contributed by atoms with Crippen LogP contribution in [0.15, 0.2) is 12.7 Å². The quantitative estimate of drug-likeness (QED) is 0.723. The van der Waals surface area contributed by atoms with Gasteiger partial charge < -0.3 is 20.1 Å². The fourth-order valence-corrected chi connectivity index (χ4v) is 2.17. The molecule has 1 heterocycles. The largest absolute Gasteiger partial charge is 0.480 e. The van der Waals surface area contributed by atoms with E-state index in [0.29, 0.717) is 13.0 Å². The molecule has 0 spiro atoms. The first-order valence-electron chi connectivity index (χ1n) is 7.25. The molecular formula is C15H24N2O5. The van der Waals surface area contributed by atoms with Crippen LogP contribution in [-0.2, 0) is 14.3 Å². The van der Waals surface area contributed by atoms with Gasteiger partial charge in [0, 0.05) is 25.4 Å². The Morgan fingerprint density at radius 2 is 2.18 bits per heavy atom. The number of carbonyl (C=O) groups excluding carboxylic acids is 2. The number of hydrogen-bond donors (Lipinski definition) is 2. The molecule has 0 saturated carbocycles. The molecule has 0 bridgehead atoms. The van der Waals surface area contributed by atoms with E-state index < -0.39 is 23.7 Å². The molecule has 2 atom stereocenters. The first-order valence-corrected chi connectivity index (χ1v) is 7.25. The van der Waals surface area contributed by atoms with Crippen molar-refractivity contribution >= 4 is 18.0 Å². The summed E-state index contributed by atoms with van der Waals surface area (Å²) in [5.41, 5.74) is -0.699. The molecule has 1 saturated heterocycles. The van der Waals surface area contributed by atoms with Crippen LogP contribution in [0.4, 0.5) is 4.79 Å². The van der Waals surface area contributed by atoms with Gasteiger partial charge >= 0.3 is 12.1 Å². The first-order chi connectivity index (χ1) is 10.1. The standard InChI is InChI=1S/C15H24N2O5/c1-5-10-8-12(18)17(9-10)7-6-11(13(19)20)16-14(21)22-15(2,3)4/h5,10-11H,1,6-9H2,2-4H3,(H,16,21)(H,19,20)/t10?,11-/m0/s1. The Morgan fingerprint density at radius 3 is 2.64 bits per heavy atom. The summed E-state index contributed by atoms with van der Waals surface area (Å²) in [7, 11) is 0. The summed E-state index contributed by atoms with van der Waals surface area (Å²) in [6.07, 6.45) is 1.48. The van der Waals surface area contributed by atoms with Gasteiger partial charge in [-0.1, -0.05) is 6.08 Å². The average molecular weight is 312 g/mol. The number of ether oxygens (including phenoxy) is 1. The summed E-state index contributed by atoms with van der Waals surface area (Å²) in [5, 5.41) is 11.5. The van der Waals surface area contributed by atoms with E-state index in [4.69, 9.17) is 9.84 Å². The van der Waals surface area contributed by atoms with E-state index >= 15 is 0 Å². The number of carboxylic acid groups (broad SMARTS) is 1. The minimum atomic E-state index is -1.15. The van der Waals surface area contributed by atoms with Crippen LogP contribution >= 0.6 is 0 Å². The molecule has 0 radical (unpaired) electrons. The van der Waals surface area contributed by atoms with Gasteiger partial charge in [0.15, 0.2) is 0 Å². The Morgan fingerprint density at radius 1 is 1.55 bits per heavy atom. The number of nitrogens with zero attached hydrogens (tertiary/aromatic N) is 1. The molecule has 124 valence electrons. The predicted octanol–water partition coefficient (Wildman–Crippen LogP) is 1.39. The minimum absolute atomic E-state index is 0.0219. The van der Waals surface area contributed by atoms with E-state index in [1.54, 1.807) is 31.7 Å². The van der Waals surface area contributed by atoms with Gasteiger partial charge in [0.25, 0.3) is 0 Å². The van der Waals surface area contributed by atoms with E-state index in [1.165, 1.54) is 0 Å². The summed E-state index contributed by atoms with van der Waals surface area (Å²) in [6, 6.07) is -1.09. The van der Waals surface area contributed by atoms with Crippen molar-refractivity contribution in [3.8, 4) is 0 Å². The minimum Gasteiger partial charge on any atom is -0.480 e. The first kappa shape index (κ1) is 18.0. The Bertz CT molecular complexity index is 455. The second kappa shape index (κ2) is 7.29. The van der Waals surface area contributed by atoms with Crippen LogP contribution in [0.25, 0.3) is 0 Å². The fraction of sp³-hybridized carbons (Fsp3) is 0.667. The van der Waals surface area contributed by atoms with E-state index in [1.807, 2.05) is 0 Å². The molecule has 0 aromatic carbocycles. The zero-order chi connectivity index (χ0) is 16.9. The normalized spacial score (nSPS) is 19.7. The number of hydrogen-bond acceptors (Lipinski definition) is 4. The number of carbonyl (C=O) groups is 3. The van der Waals surface area contributed by atoms with Crippen LogP contribution in [0.1, 0.15) is 33.6 Å². The highest BCUT2D eigenvalue weighted by molar-refractivity contribution is 5.81. The highest BCUT2D eigenvalue weighted by Crippen LogP contribution is 2.18. The average Bonchev–Trinajstić information content (AvgIpc) is 2.72. The number of amides is 2. The summed E-state index contributed by atoms with van der Waals surface area (Å²) in [4.78, 5) is 36.2. The maximum Gasteiger partial charge on any atom is 0.408 e. The molecule has 0 aromatic heterocycles. The van der Waals surface area contributed by atoms with Crippen molar-refractivity contribution in [3.63, 3.8) is 0 Å². The van der Waals surface area contributed by atoms with E-state index in [-0.39, 0.29) is 24.8 Å².